The van der Waals surface area contributed by atoms with E-state index in [9.17, 15) is 10.1 Å². The summed E-state index contributed by atoms with van der Waals surface area (Å²) in [6, 6.07) is 2.15. The monoisotopic (exact) mass is 304 g/mol. The van der Waals surface area contributed by atoms with E-state index in [1.54, 1.807) is 6.08 Å². The summed E-state index contributed by atoms with van der Waals surface area (Å²) in [6.07, 6.45) is 3.81. The number of nitriles is 1. The lowest BCUT2D eigenvalue weighted by Crippen LogP contribution is -2.32. The molecule has 1 aromatic heterocycles. The van der Waals surface area contributed by atoms with Crippen molar-refractivity contribution in [3.05, 3.63) is 23.1 Å². The first-order chi connectivity index (χ1) is 10.1. The first-order valence-electron chi connectivity index (χ1n) is 7.04. The maximum atomic E-state index is 12.1. The van der Waals surface area contributed by atoms with Gasteiger partial charge in [-0.1, -0.05) is 13.0 Å². The average Bonchev–Trinajstić information content (AvgIpc) is 2.82. The van der Waals surface area contributed by atoms with Crippen molar-refractivity contribution in [3.63, 3.8) is 0 Å². The Kier molecular flexibility index (Phi) is 4.86. The molecule has 1 saturated heterocycles. The predicted molar refractivity (Wildman–Crippen MR) is 86.6 cm³/mol. The molecule has 5 nitrogen and oxygen atoms in total. The second-order valence-corrected chi connectivity index (χ2v) is 6.30. The van der Waals surface area contributed by atoms with Gasteiger partial charge in [0, 0.05) is 19.6 Å². The number of thiophene rings is 1. The predicted octanol–water partition coefficient (Wildman–Crippen LogP) is 2.35. The van der Waals surface area contributed by atoms with Crippen molar-refractivity contribution in [3.8, 4) is 6.07 Å². The Labute approximate surface area is 129 Å². The normalized spacial score (nSPS) is 15.5. The van der Waals surface area contributed by atoms with Crippen LogP contribution < -0.4 is 16.0 Å². The minimum Gasteiger partial charge on any atom is -0.396 e. The van der Waals surface area contributed by atoms with Gasteiger partial charge in [0.05, 0.1) is 5.69 Å². The van der Waals surface area contributed by atoms with Crippen LogP contribution in [0.5, 0.6) is 0 Å². The molecule has 0 aromatic carbocycles. The molecule has 0 spiro atoms. The summed E-state index contributed by atoms with van der Waals surface area (Å²) in [5.74, 6) is 0.463. The number of nitrogen functional groups attached to an aromatic ring is 1. The molecular formula is C15H20N4OS. The highest BCUT2D eigenvalue weighted by Gasteiger charge is 2.26. The fourth-order valence-corrected chi connectivity index (χ4v) is 3.53. The largest absolute Gasteiger partial charge is 0.396 e. The second-order valence-electron chi connectivity index (χ2n) is 5.31. The number of carbonyl (C=O) groups is 1. The number of anilines is 2. The number of rotatable bonds is 4. The quantitative estimate of drug-likeness (QED) is 0.837. The van der Waals surface area contributed by atoms with E-state index in [1.165, 1.54) is 11.3 Å². The third-order valence-corrected chi connectivity index (χ3v) is 4.99. The fourth-order valence-electron chi connectivity index (χ4n) is 2.39. The highest BCUT2D eigenvalue weighted by atomic mass is 32.1. The van der Waals surface area contributed by atoms with Crippen molar-refractivity contribution >= 4 is 27.9 Å². The Balaban J connectivity index is 2.28. The summed E-state index contributed by atoms with van der Waals surface area (Å²) < 4.78 is 0. The highest BCUT2D eigenvalue weighted by Crippen LogP contribution is 2.39. The van der Waals surface area contributed by atoms with E-state index < -0.39 is 0 Å². The van der Waals surface area contributed by atoms with E-state index in [-0.39, 0.29) is 11.6 Å². The topological polar surface area (TPSA) is 82.2 Å². The van der Waals surface area contributed by atoms with E-state index >= 15 is 0 Å². The van der Waals surface area contributed by atoms with Crippen molar-refractivity contribution in [1.29, 1.82) is 5.26 Å². The van der Waals surface area contributed by atoms with Gasteiger partial charge in [-0.2, -0.15) is 5.26 Å². The van der Waals surface area contributed by atoms with Crippen LogP contribution in [0.1, 0.15) is 35.0 Å². The van der Waals surface area contributed by atoms with E-state index in [1.807, 2.05) is 0 Å². The van der Waals surface area contributed by atoms with Gasteiger partial charge in [-0.15, -0.1) is 17.9 Å². The van der Waals surface area contributed by atoms with Crippen molar-refractivity contribution in [2.45, 2.75) is 19.8 Å². The maximum absolute atomic E-state index is 12.1. The zero-order chi connectivity index (χ0) is 15.4. The van der Waals surface area contributed by atoms with Crippen molar-refractivity contribution in [1.82, 2.24) is 5.32 Å². The van der Waals surface area contributed by atoms with Crippen LogP contribution in [-0.2, 0) is 0 Å². The molecule has 1 fully saturated rings. The summed E-state index contributed by atoms with van der Waals surface area (Å²) in [6.45, 7) is 8.00. The maximum Gasteiger partial charge on any atom is 0.263 e. The molecule has 1 aromatic rings. The molecule has 1 aliphatic heterocycles. The average molecular weight is 304 g/mol. The zero-order valence-electron chi connectivity index (χ0n) is 12.2. The second kappa shape index (κ2) is 6.64. The molecule has 3 N–H and O–H groups in total. The lowest BCUT2D eigenvalue weighted by Gasteiger charge is -2.31. The molecule has 2 heterocycles. The van der Waals surface area contributed by atoms with Crippen molar-refractivity contribution < 1.29 is 4.79 Å². The van der Waals surface area contributed by atoms with Gasteiger partial charge >= 0.3 is 0 Å². The van der Waals surface area contributed by atoms with Gasteiger partial charge in [0.2, 0.25) is 0 Å². The number of hydrogen-bond donors (Lipinski definition) is 2. The molecule has 112 valence electrons. The van der Waals surface area contributed by atoms with E-state index in [2.05, 4.69) is 29.8 Å². The third-order valence-electron chi connectivity index (χ3n) is 3.72. The van der Waals surface area contributed by atoms with Crippen LogP contribution in [0.2, 0.25) is 0 Å². The Morgan fingerprint density at radius 2 is 2.29 bits per heavy atom. The SMILES string of the molecule is C=CCNC(=O)c1sc(N2CCC(C)CC2)c(C#N)c1N. The van der Waals surface area contributed by atoms with Crippen LogP contribution in [0.25, 0.3) is 0 Å². The molecule has 0 aliphatic carbocycles. The standard InChI is InChI=1S/C15H20N4OS/c1-3-6-18-14(20)13-12(17)11(9-16)15(21-13)19-7-4-10(2)5-8-19/h3,10H,1,4-8,17H2,2H3,(H,18,20). The molecule has 0 bridgehead atoms. The van der Waals surface area contributed by atoms with Crippen LogP contribution in [0, 0.1) is 17.2 Å². The molecule has 2 rings (SSSR count). The van der Waals surface area contributed by atoms with Gasteiger partial charge in [0.25, 0.3) is 5.91 Å². The van der Waals surface area contributed by atoms with Crippen LogP contribution in [0.3, 0.4) is 0 Å². The molecule has 0 radical (unpaired) electrons. The molecule has 0 atom stereocenters. The van der Waals surface area contributed by atoms with Crippen LogP contribution >= 0.6 is 11.3 Å². The van der Waals surface area contributed by atoms with E-state index in [0.29, 0.717) is 22.9 Å². The van der Waals surface area contributed by atoms with Crippen LogP contribution in [-0.4, -0.2) is 25.5 Å². The van der Waals surface area contributed by atoms with Crippen molar-refractivity contribution in [2.75, 3.05) is 30.3 Å². The number of hydrogen-bond acceptors (Lipinski definition) is 5. The Morgan fingerprint density at radius 1 is 1.62 bits per heavy atom. The van der Waals surface area contributed by atoms with Gasteiger partial charge in [-0.3, -0.25) is 4.79 Å². The molecule has 1 aliphatic rings. The van der Waals surface area contributed by atoms with Crippen molar-refractivity contribution in [2.24, 2.45) is 5.92 Å². The van der Waals surface area contributed by atoms with Gasteiger partial charge in [-0.25, -0.2) is 0 Å². The minimum absolute atomic E-state index is 0.245. The minimum atomic E-state index is -0.245. The van der Waals surface area contributed by atoms with Gasteiger partial charge < -0.3 is 16.0 Å². The lowest BCUT2D eigenvalue weighted by atomic mass is 9.99. The van der Waals surface area contributed by atoms with E-state index in [0.717, 1.165) is 30.9 Å². The first kappa shape index (κ1) is 15.4. The summed E-state index contributed by atoms with van der Waals surface area (Å²) >= 11 is 1.31. The Bertz CT molecular complexity index is 579. The third kappa shape index (κ3) is 3.19. The highest BCUT2D eigenvalue weighted by molar-refractivity contribution is 7.19. The molecule has 0 unspecified atom stereocenters. The number of nitrogens with two attached hydrogens (primary N) is 1. The number of amides is 1. The molecule has 21 heavy (non-hydrogen) atoms. The summed E-state index contributed by atoms with van der Waals surface area (Å²) in [5, 5.41) is 12.9. The van der Waals surface area contributed by atoms with Crippen LogP contribution in [0.15, 0.2) is 12.7 Å². The smallest absolute Gasteiger partial charge is 0.263 e. The van der Waals surface area contributed by atoms with Gasteiger partial charge in [0.15, 0.2) is 0 Å². The first-order valence-corrected chi connectivity index (χ1v) is 7.86. The fraction of sp³-hybridized carbons (Fsp3) is 0.467. The molecule has 1 amide bonds. The number of nitrogens with one attached hydrogen (secondary N) is 1. The van der Waals surface area contributed by atoms with Gasteiger partial charge in [0.1, 0.15) is 21.5 Å². The molecule has 6 heteroatoms. The Hall–Kier alpha value is -2.00. The number of carbonyl (C=O) groups excluding carboxylic acids is 1. The number of piperidine rings is 1. The Morgan fingerprint density at radius 3 is 2.86 bits per heavy atom. The summed E-state index contributed by atoms with van der Waals surface area (Å²) in [5.41, 5.74) is 6.71. The van der Waals surface area contributed by atoms with Crippen LogP contribution in [0.4, 0.5) is 10.7 Å². The summed E-state index contributed by atoms with van der Waals surface area (Å²) in [4.78, 5) is 14.7. The summed E-state index contributed by atoms with van der Waals surface area (Å²) in [7, 11) is 0. The van der Waals surface area contributed by atoms with Gasteiger partial charge in [-0.05, 0) is 18.8 Å². The molecular weight excluding hydrogens is 284 g/mol. The number of nitrogens with zero attached hydrogens (tertiary/aromatic N) is 2. The van der Waals surface area contributed by atoms with E-state index in [4.69, 9.17) is 5.73 Å². The molecule has 0 saturated carbocycles. The lowest BCUT2D eigenvalue weighted by molar-refractivity contribution is 0.0963. The zero-order valence-corrected chi connectivity index (χ0v) is 13.0.